The Kier molecular flexibility index (Phi) is 3.43. The highest BCUT2D eigenvalue weighted by atomic mass is 16.2. The first-order chi connectivity index (χ1) is 9.99. The maximum absolute atomic E-state index is 12.6. The molecule has 2 aliphatic rings. The maximum atomic E-state index is 12.6. The number of hydrogen-bond donors (Lipinski definition) is 1. The number of aryl methyl sites for hydroxylation is 2. The third kappa shape index (κ3) is 2.64. The zero-order valence-electron chi connectivity index (χ0n) is 12.6. The molecule has 1 spiro atoms. The summed E-state index contributed by atoms with van der Waals surface area (Å²) in [6.07, 6.45) is 2.41. The van der Waals surface area contributed by atoms with Crippen molar-refractivity contribution in [2.75, 3.05) is 19.6 Å². The molecular weight excluding hydrogens is 266 g/mol. The van der Waals surface area contributed by atoms with Gasteiger partial charge >= 0.3 is 0 Å². The van der Waals surface area contributed by atoms with Crippen LogP contribution in [0.1, 0.15) is 41.0 Å². The molecule has 1 aromatic rings. The number of amides is 2. The summed E-state index contributed by atoms with van der Waals surface area (Å²) in [5, 5.41) is 2.92. The lowest BCUT2D eigenvalue weighted by atomic mass is 9.77. The number of carbonyl (C=O) groups excluding carboxylic acids is 2. The van der Waals surface area contributed by atoms with Gasteiger partial charge in [-0.2, -0.15) is 0 Å². The number of carbonyl (C=O) groups is 2. The van der Waals surface area contributed by atoms with Crippen LogP contribution in [0, 0.1) is 19.3 Å². The summed E-state index contributed by atoms with van der Waals surface area (Å²) in [7, 11) is 0. The first kappa shape index (κ1) is 14.0. The monoisotopic (exact) mass is 287 g/mol. The third-order valence-corrected chi connectivity index (χ3v) is 4.76. The van der Waals surface area contributed by atoms with Gasteiger partial charge in [0, 0.05) is 31.7 Å². The number of hydrogen-bond acceptors (Lipinski definition) is 3. The van der Waals surface area contributed by atoms with Crippen molar-refractivity contribution in [3.63, 3.8) is 0 Å². The molecule has 2 saturated heterocycles. The lowest BCUT2D eigenvalue weighted by Crippen LogP contribution is -2.44. The van der Waals surface area contributed by atoms with E-state index in [-0.39, 0.29) is 17.2 Å². The molecule has 0 aromatic carbocycles. The van der Waals surface area contributed by atoms with E-state index < -0.39 is 0 Å². The second-order valence-corrected chi connectivity index (χ2v) is 6.33. The molecule has 0 radical (unpaired) electrons. The van der Waals surface area contributed by atoms with E-state index in [1.165, 1.54) is 0 Å². The fraction of sp³-hybridized carbons (Fsp3) is 0.562. The number of rotatable bonds is 1. The molecule has 0 saturated carbocycles. The van der Waals surface area contributed by atoms with Gasteiger partial charge in [0.1, 0.15) is 0 Å². The predicted molar refractivity (Wildman–Crippen MR) is 78.9 cm³/mol. The molecule has 0 unspecified atom stereocenters. The lowest BCUT2D eigenvalue weighted by molar-refractivity contribution is -0.119. The van der Waals surface area contributed by atoms with Crippen molar-refractivity contribution in [3.05, 3.63) is 29.1 Å². The van der Waals surface area contributed by atoms with Gasteiger partial charge in [0.05, 0.1) is 11.3 Å². The Balaban J connectivity index is 1.69. The number of piperidine rings is 1. The minimum atomic E-state index is 0.0622. The molecule has 0 bridgehead atoms. The van der Waals surface area contributed by atoms with Gasteiger partial charge in [-0.1, -0.05) is 0 Å². The zero-order valence-corrected chi connectivity index (χ0v) is 12.6. The zero-order chi connectivity index (χ0) is 15.0. The summed E-state index contributed by atoms with van der Waals surface area (Å²) in [5.41, 5.74) is 2.49. The van der Waals surface area contributed by atoms with E-state index in [9.17, 15) is 9.59 Å². The molecule has 2 amide bonds. The van der Waals surface area contributed by atoms with Crippen LogP contribution in [0.5, 0.6) is 0 Å². The Morgan fingerprint density at radius 1 is 1.29 bits per heavy atom. The summed E-state index contributed by atoms with van der Waals surface area (Å²) in [5.74, 6) is 0.209. The van der Waals surface area contributed by atoms with E-state index >= 15 is 0 Å². The summed E-state index contributed by atoms with van der Waals surface area (Å²) < 4.78 is 0. The van der Waals surface area contributed by atoms with Gasteiger partial charge < -0.3 is 10.2 Å². The number of likely N-dealkylation sites (tertiary alicyclic amines) is 1. The average Bonchev–Trinajstić information content (AvgIpc) is 2.80. The van der Waals surface area contributed by atoms with Crippen LogP contribution in [0.4, 0.5) is 0 Å². The molecule has 1 aromatic heterocycles. The molecule has 1 N–H and O–H groups in total. The Hall–Kier alpha value is -1.91. The molecular formula is C16H21N3O2. The molecule has 112 valence electrons. The fourth-order valence-electron chi connectivity index (χ4n) is 3.37. The van der Waals surface area contributed by atoms with E-state index in [0.29, 0.717) is 12.0 Å². The minimum Gasteiger partial charge on any atom is -0.356 e. The first-order valence-electron chi connectivity index (χ1n) is 7.49. The average molecular weight is 287 g/mol. The second kappa shape index (κ2) is 5.13. The van der Waals surface area contributed by atoms with E-state index in [0.717, 1.165) is 43.9 Å². The minimum absolute atomic E-state index is 0.0622. The Labute approximate surface area is 124 Å². The summed E-state index contributed by atoms with van der Waals surface area (Å²) in [6.45, 7) is 6.02. The van der Waals surface area contributed by atoms with Crippen LogP contribution in [0.3, 0.4) is 0 Å². The molecule has 3 heterocycles. The van der Waals surface area contributed by atoms with Crippen molar-refractivity contribution in [1.82, 2.24) is 15.2 Å². The normalized spacial score (nSPS) is 20.7. The van der Waals surface area contributed by atoms with Crippen LogP contribution in [-0.4, -0.2) is 41.3 Å². The predicted octanol–water partition coefficient (Wildman–Crippen LogP) is 1.44. The van der Waals surface area contributed by atoms with Gasteiger partial charge in [-0.15, -0.1) is 0 Å². The van der Waals surface area contributed by atoms with E-state index in [2.05, 4.69) is 10.3 Å². The summed E-state index contributed by atoms with van der Waals surface area (Å²) >= 11 is 0. The Morgan fingerprint density at radius 3 is 2.57 bits per heavy atom. The largest absolute Gasteiger partial charge is 0.356 e. The quantitative estimate of drug-likeness (QED) is 0.850. The molecule has 0 atom stereocenters. The second-order valence-electron chi connectivity index (χ2n) is 6.33. The standard InChI is InChI=1S/C16H21N3O2/c1-11-3-4-13(12(2)18-11)15(21)19-7-5-16(6-8-19)9-14(20)17-10-16/h3-4H,5-10H2,1-2H3,(H,17,20). The fourth-order valence-corrected chi connectivity index (χ4v) is 3.37. The van der Waals surface area contributed by atoms with Crippen molar-refractivity contribution in [3.8, 4) is 0 Å². The van der Waals surface area contributed by atoms with Gasteiger partial charge in [-0.25, -0.2) is 0 Å². The lowest BCUT2D eigenvalue weighted by Gasteiger charge is -2.38. The van der Waals surface area contributed by atoms with Gasteiger partial charge in [-0.3, -0.25) is 14.6 Å². The van der Waals surface area contributed by atoms with Crippen LogP contribution in [0.25, 0.3) is 0 Å². The number of aromatic nitrogens is 1. The SMILES string of the molecule is Cc1ccc(C(=O)N2CCC3(CC2)CNC(=O)C3)c(C)n1. The molecule has 2 fully saturated rings. The highest BCUT2D eigenvalue weighted by Gasteiger charge is 2.41. The van der Waals surface area contributed by atoms with Crippen LogP contribution in [0.2, 0.25) is 0 Å². The number of nitrogens with one attached hydrogen (secondary N) is 1. The number of nitrogens with zero attached hydrogens (tertiary/aromatic N) is 2. The van der Waals surface area contributed by atoms with E-state index in [4.69, 9.17) is 0 Å². The Morgan fingerprint density at radius 2 is 2.00 bits per heavy atom. The molecule has 5 heteroatoms. The number of pyridine rings is 1. The highest BCUT2D eigenvalue weighted by Crippen LogP contribution is 2.37. The van der Waals surface area contributed by atoms with Gasteiger partial charge in [0.15, 0.2) is 0 Å². The smallest absolute Gasteiger partial charge is 0.255 e. The third-order valence-electron chi connectivity index (χ3n) is 4.76. The maximum Gasteiger partial charge on any atom is 0.255 e. The van der Waals surface area contributed by atoms with Gasteiger partial charge in [0.25, 0.3) is 5.91 Å². The van der Waals surface area contributed by atoms with Crippen molar-refractivity contribution in [1.29, 1.82) is 0 Å². The highest BCUT2D eigenvalue weighted by molar-refractivity contribution is 5.95. The van der Waals surface area contributed by atoms with Crippen molar-refractivity contribution < 1.29 is 9.59 Å². The van der Waals surface area contributed by atoms with Gasteiger partial charge in [0.2, 0.25) is 5.91 Å². The Bertz CT molecular complexity index is 589. The van der Waals surface area contributed by atoms with Gasteiger partial charge in [-0.05, 0) is 44.2 Å². The van der Waals surface area contributed by atoms with Crippen LogP contribution in [-0.2, 0) is 4.79 Å². The first-order valence-corrected chi connectivity index (χ1v) is 7.49. The molecule has 0 aliphatic carbocycles. The van der Waals surface area contributed by atoms with Crippen molar-refractivity contribution in [2.24, 2.45) is 5.41 Å². The van der Waals surface area contributed by atoms with E-state index in [1.807, 2.05) is 30.9 Å². The molecule has 21 heavy (non-hydrogen) atoms. The summed E-state index contributed by atoms with van der Waals surface area (Å²) in [4.78, 5) is 30.3. The van der Waals surface area contributed by atoms with Crippen LogP contribution < -0.4 is 5.32 Å². The van der Waals surface area contributed by atoms with Crippen molar-refractivity contribution in [2.45, 2.75) is 33.1 Å². The van der Waals surface area contributed by atoms with E-state index in [1.54, 1.807) is 0 Å². The molecule has 5 nitrogen and oxygen atoms in total. The van der Waals surface area contributed by atoms with Crippen LogP contribution >= 0.6 is 0 Å². The molecule has 3 rings (SSSR count). The topological polar surface area (TPSA) is 62.3 Å². The van der Waals surface area contributed by atoms with Crippen LogP contribution in [0.15, 0.2) is 12.1 Å². The van der Waals surface area contributed by atoms with Crippen molar-refractivity contribution >= 4 is 11.8 Å². The summed E-state index contributed by atoms with van der Waals surface area (Å²) in [6, 6.07) is 3.75. The molecule has 2 aliphatic heterocycles.